The van der Waals surface area contributed by atoms with Gasteiger partial charge in [0.1, 0.15) is 0 Å². The number of halogens is 2. The van der Waals surface area contributed by atoms with Gasteiger partial charge < -0.3 is 15.6 Å². The zero-order valence-corrected chi connectivity index (χ0v) is 10.00. The maximum Gasteiger partial charge on any atom is 0.405 e. The second kappa shape index (κ2) is 5.39. The molecule has 0 fully saturated rings. The summed E-state index contributed by atoms with van der Waals surface area (Å²) in [6, 6.07) is 4.84. The number of aliphatic hydroxyl groups excluding tert-OH is 1. The van der Waals surface area contributed by atoms with Crippen LogP contribution in [0.15, 0.2) is 18.2 Å². The van der Waals surface area contributed by atoms with Gasteiger partial charge in [-0.15, -0.1) is 0 Å². The molecule has 2 unspecified atom stereocenters. The van der Waals surface area contributed by atoms with Gasteiger partial charge in [0.15, 0.2) is 6.10 Å². The van der Waals surface area contributed by atoms with Crippen molar-refractivity contribution in [3.8, 4) is 0 Å². The molecule has 1 amide bonds. The predicted molar refractivity (Wildman–Crippen MR) is 61.6 cm³/mol. The molecule has 0 aromatic heterocycles. The van der Waals surface area contributed by atoms with E-state index in [1.54, 1.807) is 18.2 Å². The second-order valence-electron chi connectivity index (χ2n) is 3.24. The summed E-state index contributed by atoms with van der Waals surface area (Å²) in [6.07, 6.45) is -2.85. The van der Waals surface area contributed by atoms with Crippen molar-refractivity contribution in [2.75, 3.05) is 0 Å². The fourth-order valence-corrected chi connectivity index (χ4v) is 1.70. The lowest BCUT2D eigenvalue weighted by Crippen LogP contribution is -2.25. The molecule has 0 aliphatic heterocycles. The molecule has 0 bridgehead atoms. The Bertz CT molecular complexity index is 396. The molecular formula is C10H11Cl2NO3. The molecular weight excluding hydrogens is 253 g/mol. The van der Waals surface area contributed by atoms with Gasteiger partial charge in [-0.2, -0.15) is 0 Å². The molecule has 0 saturated heterocycles. The highest BCUT2D eigenvalue weighted by molar-refractivity contribution is 6.42. The minimum Gasteiger partial charge on any atom is -0.439 e. The third kappa shape index (κ3) is 3.01. The third-order valence-corrected chi connectivity index (χ3v) is 2.80. The van der Waals surface area contributed by atoms with E-state index in [0.717, 1.165) is 0 Å². The summed E-state index contributed by atoms with van der Waals surface area (Å²) in [5.41, 5.74) is 5.33. The first-order valence-electron chi connectivity index (χ1n) is 4.51. The highest BCUT2D eigenvalue weighted by Crippen LogP contribution is 2.33. The van der Waals surface area contributed by atoms with Crippen LogP contribution < -0.4 is 5.73 Å². The number of amides is 1. The van der Waals surface area contributed by atoms with Gasteiger partial charge in [0.2, 0.25) is 0 Å². The van der Waals surface area contributed by atoms with E-state index in [1.807, 2.05) is 0 Å². The number of hydrogen-bond acceptors (Lipinski definition) is 3. The molecule has 0 aliphatic carbocycles. The van der Waals surface area contributed by atoms with E-state index in [4.69, 9.17) is 33.7 Å². The van der Waals surface area contributed by atoms with Gasteiger partial charge in [0.25, 0.3) is 0 Å². The average molecular weight is 264 g/mol. The number of primary amides is 1. The Labute approximate surface area is 103 Å². The second-order valence-corrected chi connectivity index (χ2v) is 4.03. The van der Waals surface area contributed by atoms with Gasteiger partial charge in [0, 0.05) is 5.56 Å². The predicted octanol–water partition coefficient (Wildman–Crippen LogP) is 2.51. The van der Waals surface area contributed by atoms with Crippen LogP contribution in [0.4, 0.5) is 4.79 Å². The number of aliphatic hydroxyl groups is 1. The summed E-state index contributed by atoms with van der Waals surface area (Å²) in [5, 5.41) is 10.0. The minimum absolute atomic E-state index is 0.233. The number of rotatable bonds is 3. The molecule has 4 nitrogen and oxygen atoms in total. The standard InChI is InChI=1S/C10H11Cl2NO3/c1-5(14)9(16-10(13)15)6-3-2-4-7(11)8(6)12/h2-5,9,14H,1H3,(H2,13,15). The van der Waals surface area contributed by atoms with Crippen molar-refractivity contribution < 1.29 is 14.6 Å². The lowest BCUT2D eigenvalue weighted by molar-refractivity contribution is 0.0148. The van der Waals surface area contributed by atoms with Crippen molar-refractivity contribution in [3.63, 3.8) is 0 Å². The quantitative estimate of drug-likeness (QED) is 0.880. The highest BCUT2D eigenvalue weighted by Gasteiger charge is 2.24. The normalized spacial score (nSPS) is 14.2. The van der Waals surface area contributed by atoms with Crippen LogP contribution in [0.2, 0.25) is 10.0 Å². The smallest absolute Gasteiger partial charge is 0.405 e. The fourth-order valence-electron chi connectivity index (χ4n) is 1.29. The number of benzene rings is 1. The molecule has 1 aromatic rings. The number of carbonyl (C=O) groups is 1. The van der Waals surface area contributed by atoms with Crippen LogP contribution in [-0.2, 0) is 4.74 Å². The largest absolute Gasteiger partial charge is 0.439 e. The Kier molecular flexibility index (Phi) is 4.41. The fraction of sp³-hybridized carbons (Fsp3) is 0.300. The highest BCUT2D eigenvalue weighted by atomic mass is 35.5. The summed E-state index contributed by atoms with van der Waals surface area (Å²) in [4.78, 5) is 10.7. The summed E-state index contributed by atoms with van der Waals surface area (Å²) < 4.78 is 4.78. The van der Waals surface area contributed by atoms with Crippen LogP contribution >= 0.6 is 23.2 Å². The van der Waals surface area contributed by atoms with Crippen LogP contribution in [0, 0.1) is 0 Å². The van der Waals surface area contributed by atoms with E-state index in [2.05, 4.69) is 0 Å². The zero-order valence-electron chi connectivity index (χ0n) is 8.48. The molecule has 0 aliphatic rings. The van der Waals surface area contributed by atoms with Crippen LogP contribution in [0.5, 0.6) is 0 Å². The zero-order chi connectivity index (χ0) is 12.3. The first kappa shape index (κ1) is 13.1. The lowest BCUT2D eigenvalue weighted by Gasteiger charge is -2.21. The molecule has 1 aromatic carbocycles. The van der Waals surface area contributed by atoms with Crippen LogP contribution in [0.3, 0.4) is 0 Å². The molecule has 0 heterocycles. The van der Waals surface area contributed by atoms with E-state index in [9.17, 15) is 9.90 Å². The third-order valence-electron chi connectivity index (χ3n) is 1.97. The molecule has 0 spiro atoms. The van der Waals surface area contributed by atoms with Gasteiger partial charge in [-0.1, -0.05) is 35.3 Å². The minimum atomic E-state index is -0.984. The Morgan fingerprint density at radius 3 is 2.62 bits per heavy atom. The Morgan fingerprint density at radius 1 is 1.50 bits per heavy atom. The maximum atomic E-state index is 10.7. The summed E-state index contributed by atoms with van der Waals surface area (Å²) >= 11 is 11.8. The van der Waals surface area contributed by atoms with E-state index in [-0.39, 0.29) is 5.02 Å². The van der Waals surface area contributed by atoms with Crippen LogP contribution in [0.1, 0.15) is 18.6 Å². The maximum absolute atomic E-state index is 10.7. The van der Waals surface area contributed by atoms with Crippen molar-refractivity contribution in [2.45, 2.75) is 19.1 Å². The molecule has 0 radical (unpaired) electrons. The number of carbonyl (C=O) groups excluding carboxylic acids is 1. The van der Waals surface area contributed by atoms with Gasteiger partial charge in [-0.25, -0.2) is 4.79 Å². The van der Waals surface area contributed by atoms with Crippen molar-refractivity contribution in [3.05, 3.63) is 33.8 Å². The van der Waals surface area contributed by atoms with E-state index < -0.39 is 18.3 Å². The molecule has 1 rings (SSSR count). The van der Waals surface area contributed by atoms with Crippen molar-refractivity contribution in [1.82, 2.24) is 0 Å². The number of nitrogens with two attached hydrogens (primary N) is 1. The summed E-state index contributed by atoms with van der Waals surface area (Å²) in [5.74, 6) is 0. The van der Waals surface area contributed by atoms with Gasteiger partial charge >= 0.3 is 6.09 Å². The van der Waals surface area contributed by atoms with Crippen LogP contribution in [0.25, 0.3) is 0 Å². The Hall–Kier alpha value is -0.970. The lowest BCUT2D eigenvalue weighted by atomic mass is 10.1. The SMILES string of the molecule is CC(O)C(OC(N)=O)c1cccc(Cl)c1Cl. The van der Waals surface area contributed by atoms with Gasteiger partial charge in [-0.05, 0) is 13.0 Å². The topological polar surface area (TPSA) is 72.6 Å². The number of ether oxygens (including phenoxy) is 1. The molecule has 16 heavy (non-hydrogen) atoms. The van der Waals surface area contributed by atoms with Gasteiger partial charge in [0.05, 0.1) is 16.1 Å². The van der Waals surface area contributed by atoms with E-state index in [0.29, 0.717) is 10.6 Å². The first-order chi connectivity index (χ1) is 7.43. The number of hydrogen-bond donors (Lipinski definition) is 2. The monoisotopic (exact) mass is 263 g/mol. The van der Waals surface area contributed by atoms with Crippen molar-refractivity contribution >= 4 is 29.3 Å². The van der Waals surface area contributed by atoms with E-state index >= 15 is 0 Å². The molecule has 2 atom stereocenters. The van der Waals surface area contributed by atoms with Crippen molar-refractivity contribution in [1.29, 1.82) is 0 Å². The average Bonchev–Trinajstić information content (AvgIpc) is 2.18. The first-order valence-corrected chi connectivity index (χ1v) is 5.27. The summed E-state index contributed by atoms with van der Waals surface area (Å²) in [6.45, 7) is 1.46. The van der Waals surface area contributed by atoms with Crippen LogP contribution in [-0.4, -0.2) is 17.3 Å². The Balaban J connectivity index is 3.10. The Morgan fingerprint density at radius 2 is 2.12 bits per heavy atom. The molecule has 6 heteroatoms. The summed E-state index contributed by atoms with van der Waals surface area (Å²) in [7, 11) is 0. The molecule has 88 valence electrons. The molecule has 3 N–H and O–H groups in total. The van der Waals surface area contributed by atoms with Crippen molar-refractivity contribution in [2.24, 2.45) is 5.73 Å². The molecule has 0 saturated carbocycles. The van der Waals surface area contributed by atoms with Gasteiger partial charge in [-0.3, -0.25) is 0 Å². The van der Waals surface area contributed by atoms with E-state index in [1.165, 1.54) is 6.92 Å².